The van der Waals surface area contributed by atoms with Crippen molar-refractivity contribution < 1.29 is 4.79 Å². The maximum Gasteiger partial charge on any atom is 0.238 e. The normalized spacial score (nSPS) is 29.3. The highest BCUT2D eigenvalue weighted by molar-refractivity contribution is 7.10. The van der Waals surface area contributed by atoms with Gasteiger partial charge in [0.15, 0.2) is 0 Å². The lowest BCUT2D eigenvalue weighted by Gasteiger charge is -2.40. The molecule has 20 heavy (non-hydrogen) atoms. The molecule has 1 amide bonds. The van der Waals surface area contributed by atoms with Gasteiger partial charge in [-0.05, 0) is 25.5 Å². The maximum absolute atomic E-state index is 12.2. The molecule has 0 radical (unpaired) electrons. The lowest BCUT2D eigenvalue weighted by atomic mass is 10.1. The number of carbonyl (C=O) groups is 1. The average Bonchev–Trinajstić information content (AvgIpc) is 3.05. The van der Waals surface area contributed by atoms with E-state index in [1.165, 1.54) is 4.88 Å². The third kappa shape index (κ3) is 2.74. The summed E-state index contributed by atoms with van der Waals surface area (Å²) in [5.41, 5.74) is 0. The molecule has 0 spiro atoms. The number of hydrogen-bond donors (Lipinski definition) is 1. The number of rotatable bonds is 3. The Labute approximate surface area is 124 Å². The van der Waals surface area contributed by atoms with Crippen LogP contribution >= 0.6 is 11.3 Å². The van der Waals surface area contributed by atoms with Crippen LogP contribution < -0.4 is 5.32 Å². The Balaban J connectivity index is 1.72. The molecule has 1 N–H and O–H groups in total. The Morgan fingerprint density at radius 1 is 1.40 bits per heavy atom. The smallest absolute Gasteiger partial charge is 0.238 e. The minimum absolute atomic E-state index is 0.0585. The molecule has 2 unspecified atom stereocenters. The fourth-order valence-corrected chi connectivity index (χ4v) is 3.78. The molecule has 6 heteroatoms. The molecule has 3 heterocycles. The molecule has 2 aliphatic rings. The van der Waals surface area contributed by atoms with Crippen LogP contribution in [0.5, 0.6) is 0 Å². The van der Waals surface area contributed by atoms with Crippen LogP contribution in [0.3, 0.4) is 0 Å². The van der Waals surface area contributed by atoms with E-state index in [1.807, 2.05) is 11.0 Å². The lowest BCUT2D eigenvalue weighted by Crippen LogP contribution is -2.55. The van der Waals surface area contributed by atoms with Crippen LogP contribution in [0, 0.1) is 0 Å². The predicted molar refractivity (Wildman–Crippen MR) is 80.7 cm³/mol. The Hall–Kier alpha value is -0.950. The van der Waals surface area contributed by atoms with Gasteiger partial charge in [0.2, 0.25) is 5.91 Å². The van der Waals surface area contributed by atoms with Crippen LogP contribution in [0.2, 0.25) is 0 Å². The third-order valence-corrected chi connectivity index (χ3v) is 5.20. The van der Waals surface area contributed by atoms with E-state index < -0.39 is 0 Å². The second-order valence-electron chi connectivity index (χ2n) is 5.74. The number of amides is 1. The van der Waals surface area contributed by atoms with Gasteiger partial charge in [-0.25, -0.2) is 0 Å². The van der Waals surface area contributed by atoms with Gasteiger partial charge in [0, 0.05) is 37.1 Å². The van der Waals surface area contributed by atoms with Gasteiger partial charge in [0.25, 0.3) is 0 Å². The second kappa shape index (κ2) is 5.81. The Bertz CT molecular complexity index is 464. The van der Waals surface area contributed by atoms with Gasteiger partial charge in [-0.2, -0.15) is 0 Å². The van der Waals surface area contributed by atoms with Crippen molar-refractivity contribution >= 4 is 17.2 Å². The topological polar surface area (TPSA) is 38.8 Å². The Kier molecular flexibility index (Phi) is 4.07. The van der Waals surface area contributed by atoms with E-state index in [0.717, 1.165) is 26.2 Å². The molecule has 2 saturated heterocycles. The van der Waals surface area contributed by atoms with E-state index in [0.29, 0.717) is 12.6 Å². The predicted octanol–water partition coefficient (Wildman–Crippen LogP) is 0.424. The number of carbonyl (C=O) groups excluding carboxylic acids is 1. The number of thiophene rings is 1. The van der Waals surface area contributed by atoms with E-state index in [1.54, 1.807) is 11.3 Å². The van der Waals surface area contributed by atoms with E-state index in [4.69, 9.17) is 0 Å². The molecular weight excluding hydrogens is 272 g/mol. The summed E-state index contributed by atoms with van der Waals surface area (Å²) in [6.07, 6.45) is 0.0585. The quantitative estimate of drug-likeness (QED) is 0.877. The van der Waals surface area contributed by atoms with Crippen molar-refractivity contribution in [2.24, 2.45) is 0 Å². The molecule has 1 aromatic heterocycles. The van der Waals surface area contributed by atoms with E-state index in [9.17, 15) is 4.79 Å². The van der Waals surface area contributed by atoms with E-state index >= 15 is 0 Å². The zero-order valence-corrected chi connectivity index (χ0v) is 12.9. The van der Waals surface area contributed by atoms with Crippen molar-refractivity contribution in [3.8, 4) is 0 Å². The standard InChI is InChI=1S/C14H22N4OS/c1-16-5-6-17(2)11(9-16)10-18-13(19)8-15-14(18)12-4-3-7-20-12/h3-4,7,11,14-15H,5-6,8-10H2,1-2H3. The van der Waals surface area contributed by atoms with Crippen LogP contribution in [0.4, 0.5) is 0 Å². The molecule has 2 aliphatic heterocycles. The zero-order chi connectivity index (χ0) is 14.1. The maximum atomic E-state index is 12.2. The van der Waals surface area contributed by atoms with Crippen molar-refractivity contribution in [3.05, 3.63) is 22.4 Å². The number of likely N-dealkylation sites (N-methyl/N-ethyl adjacent to an activating group) is 2. The van der Waals surface area contributed by atoms with Crippen molar-refractivity contribution in [1.82, 2.24) is 20.0 Å². The summed E-state index contributed by atoms with van der Waals surface area (Å²) in [4.78, 5) is 20.1. The molecule has 0 bridgehead atoms. The lowest BCUT2D eigenvalue weighted by molar-refractivity contribution is -0.129. The molecule has 2 atom stereocenters. The summed E-state index contributed by atoms with van der Waals surface area (Å²) < 4.78 is 0. The van der Waals surface area contributed by atoms with Crippen LogP contribution in [-0.2, 0) is 4.79 Å². The summed E-state index contributed by atoms with van der Waals surface area (Å²) in [6, 6.07) is 4.56. The summed E-state index contributed by atoms with van der Waals surface area (Å²) >= 11 is 1.71. The highest BCUT2D eigenvalue weighted by Gasteiger charge is 2.35. The average molecular weight is 294 g/mol. The van der Waals surface area contributed by atoms with Crippen LogP contribution in [0.15, 0.2) is 17.5 Å². The first-order valence-corrected chi connectivity index (χ1v) is 7.98. The van der Waals surface area contributed by atoms with Gasteiger partial charge >= 0.3 is 0 Å². The van der Waals surface area contributed by atoms with Crippen molar-refractivity contribution in [3.63, 3.8) is 0 Å². The minimum Gasteiger partial charge on any atom is -0.319 e. The molecule has 2 fully saturated rings. The summed E-state index contributed by atoms with van der Waals surface area (Å²) in [6.45, 7) is 4.45. The molecule has 0 saturated carbocycles. The monoisotopic (exact) mass is 294 g/mol. The fraction of sp³-hybridized carbons (Fsp3) is 0.643. The van der Waals surface area contributed by atoms with Crippen molar-refractivity contribution in [2.75, 3.05) is 46.8 Å². The van der Waals surface area contributed by atoms with Crippen molar-refractivity contribution in [1.29, 1.82) is 0 Å². The first-order chi connectivity index (χ1) is 9.65. The van der Waals surface area contributed by atoms with Crippen LogP contribution in [-0.4, -0.2) is 73.5 Å². The highest BCUT2D eigenvalue weighted by atomic mass is 32.1. The molecule has 110 valence electrons. The molecule has 1 aromatic rings. The van der Waals surface area contributed by atoms with Crippen LogP contribution in [0.25, 0.3) is 0 Å². The van der Waals surface area contributed by atoms with Gasteiger partial charge in [0.1, 0.15) is 6.17 Å². The minimum atomic E-state index is 0.0585. The molecule has 0 aromatic carbocycles. The highest BCUT2D eigenvalue weighted by Crippen LogP contribution is 2.27. The summed E-state index contributed by atoms with van der Waals surface area (Å²) in [7, 11) is 4.31. The molecule has 0 aliphatic carbocycles. The van der Waals surface area contributed by atoms with Crippen molar-refractivity contribution in [2.45, 2.75) is 12.2 Å². The Morgan fingerprint density at radius 3 is 3.00 bits per heavy atom. The molecule has 5 nitrogen and oxygen atoms in total. The van der Waals surface area contributed by atoms with Gasteiger partial charge < -0.3 is 9.80 Å². The van der Waals surface area contributed by atoms with Gasteiger partial charge in [-0.3, -0.25) is 15.0 Å². The summed E-state index contributed by atoms with van der Waals surface area (Å²) in [5.74, 6) is 0.213. The van der Waals surface area contributed by atoms with Crippen LogP contribution in [0.1, 0.15) is 11.0 Å². The van der Waals surface area contributed by atoms with Gasteiger partial charge in [-0.1, -0.05) is 6.07 Å². The fourth-order valence-electron chi connectivity index (χ4n) is 2.97. The van der Waals surface area contributed by atoms with E-state index in [2.05, 4.69) is 40.7 Å². The Morgan fingerprint density at radius 2 is 2.25 bits per heavy atom. The second-order valence-corrected chi connectivity index (χ2v) is 6.72. The number of hydrogen-bond acceptors (Lipinski definition) is 5. The zero-order valence-electron chi connectivity index (χ0n) is 12.1. The van der Waals surface area contributed by atoms with E-state index in [-0.39, 0.29) is 12.1 Å². The largest absolute Gasteiger partial charge is 0.319 e. The number of nitrogens with one attached hydrogen (secondary N) is 1. The molecular formula is C14H22N4OS. The first kappa shape index (κ1) is 14.0. The van der Waals surface area contributed by atoms with Gasteiger partial charge in [-0.15, -0.1) is 11.3 Å². The SMILES string of the molecule is CN1CCN(C)C(CN2C(=O)CNC2c2cccs2)C1. The first-order valence-electron chi connectivity index (χ1n) is 7.10. The molecule has 3 rings (SSSR count). The van der Waals surface area contributed by atoms with Gasteiger partial charge in [0.05, 0.1) is 6.54 Å². The third-order valence-electron chi connectivity index (χ3n) is 4.28. The number of nitrogens with zero attached hydrogens (tertiary/aromatic N) is 3. The summed E-state index contributed by atoms with van der Waals surface area (Å²) in [5, 5.41) is 5.40. The number of piperazine rings is 1.